The predicted octanol–water partition coefficient (Wildman–Crippen LogP) is 4.76. The molecule has 126 valence electrons. The number of pyridine rings is 1. The second kappa shape index (κ2) is 5.73. The second-order valence-electron chi connectivity index (χ2n) is 6.48. The molecule has 0 aliphatic carbocycles. The van der Waals surface area contributed by atoms with Gasteiger partial charge in [-0.1, -0.05) is 26.7 Å². The molecule has 1 fully saturated rings. The molecule has 0 N–H and O–H groups in total. The zero-order valence-corrected chi connectivity index (χ0v) is 13.5. The summed E-state index contributed by atoms with van der Waals surface area (Å²) in [7, 11) is 0. The van der Waals surface area contributed by atoms with Crippen molar-refractivity contribution in [2.45, 2.75) is 45.7 Å². The van der Waals surface area contributed by atoms with Crippen LogP contribution in [0.5, 0.6) is 0 Å². The lowest BCUT2D eigenvalue weighted by molar-refractivity contribution is -0.137. The summed E-state index contributed by atoms with van der Waals surface area (Å²) < 4.78 is 41.2. The second-order valence-corrected chi connectivity index (χ2v) is 6.48. The maximum absolute atomic E-state index is 13.2. The highest BCUT2D eigenvalue weighted by Crippen LogP contribution is 2.40. The highest BCUT2D eigenvalue weighted by Gasteiger charge is 2.35. The minimum atomic E-state index is -4.34. The fourth-order valence-electron chi connectivity index (χ4n) is 3.59. The van der Waals surface area contributed by atoms with Gasteiger partial charge in [-0.2, -0.15) is 13.2 Å². The normalized spacial score (nSPS) is 18.6. The van der Waals surface area contributed by atoms with Crippen molar-refractivity contribution in [2.75, 3.05) is 18.0 Å². The summed E-state index contributed by atoms with van der Waals surface area (Å²) in [5, 5.41) is 0. The Labute approximate surface area is 134 Å². The minimum absolute atomic E-state index is 0.339. The number of halogens is 3. The van der Waals surface area contributed by atoms with Crippen molar-refractivity contribution in [1.29, 1.82) is 0 Å². The summed E-state index contributed by atoms with van der Waals surface area (Å²) in [6.07, 6.45) is 3.02. The smallest absolute Gasteiger partial charge is 0.358 e. The monoisotopic (exact) mass is 325 g/mol. The molecule has 6 heteroatoms. The van der Waals surface area contributed by atoms with E-state index in [0.717, 1.165) is 44.8 Å². The molecule has 0 saturated carbocycles. The van der Waals surface area contributed by atoms with Crippen LogP contribution in [-0.2, 0) is 6.18 Å². The molecule has 0 aromatic carbocycles. The lowest BCUT2D eigenvalue weighted by atomic mass is 9.74. The van der Waals surface area contributed by atoms with Gasteiger partial charge in [0.15, 0.2) is 0 Å². The molecular weight excluding hydrogens is 303 g/mol. The van der Waals surface area contributed by atoms with Crippen molar-refractivity contribution in [3.05, 3.63) is 30.2 Å². The Balaban J connectivity index is 1.95. The van der Waals surface area contributed by atoms with Crippen LogP contribution in [0.2, 0.25) is 0 Å². The molecule has 0 amide bonds. The lowest BCUT2D eigenvalue weighted by Crippen LogP contribution is -2.40. The summed E-state index contributed by atoms with van der Waals surface area (Å²) in [5.74, 6) is 0.591. The number of imidazole rings is 1. The van der Waals surface area contributed by atoms with Gasteiger partial charge in [0, 0.05) is 13.1 Å². The number of aromatic nitrogens is 2. The van der Waals surface area contributed by atoms with Crippen molar-refractivity contribution >= 4 is 11.3 Å². The Bertz CT molecular complexity index is 676. The number of hydrogen-bond donors (Lipinski definition) is 0. The van der Waals surface area contributed by atoms with E-state index in [1.807, 2.05) is 0 Å². The first-order chi connectivity index (χ1) is 10.9. The van der Waals surface area contributed by atoms with Gasteiger partial charge in [0.1, 0.15) is 12.1 Å². The van der Waals surface area contributed by atoms with E-state index in [2.05, 4.69) is 23.7 Å². The molecular formula is C17H22F3N3. The van der Waals surface area contributed by atoms with Gasteiger partial charge in [-0.3, -0.25) is 4.40 Å². The molecule has 0 unspecified atom stereocenters. The number of hydrogen-bond acceptors (Lipinski definition) is 2. The van der Waals surface area contributed by atoms with Gasteiger partial charge in [-0.05, 0) is 30.4 Å². The largest absolute Gasteiger partial charge is 0.416 e. The molecule has 1 aliphatic heterocycles. The molecule has 0 radical (unpaired) electrons. The molecule has 3 rings (SSSR count). The first-order valence-electron chi connectivity index (χ1n) is 8.17. The first kappa shape index (κ1) is 16.1. The molecule has 0 spiro atoms. The van der Waals surface area contributed by atoms with E-state index >= 15 is 0 Å². The quantitative estimate of drug-likeness (QED) is 0.811. The summed E-state index contributed by atoms with van der Waals surface area (Å²) in [6, 6.07) is 2.41. The van der Waals surface area contributed by atoms with Crippen molar-refractivity contribution < 1.29 is 13.2 Å². The number of anilines is 1. The number of piperidine rings is 1. The van der Waals surface area contributed by atoms with Crippen LogP contribution in [-0.4, -0.2) is 22.5 Å². The Morgan fingerprint density at radius 3 is 2.35 bits per heavy atom. The third kappa shape index (κ3) is 2.91. The lowest BCUT2D eigenvalue weighted by Gasteiger charge is -2.42. The standard InChI is InChI=1S/C17H22F3N3/c1-3-16(4-2)5-7-22(8-6-16)15-10-13(17(18,19)20)9-14-11-21-12-23(14)15/h9-12H,3-8H2,1-2H3. The number of rotatable bonds is 3. The van der Waals surface area contributed by atoms with Gasteiger partial charge in [0.05, 0.1) is 17.3 Å². The van der Waals surface area contributed by atoms with Crippen molar-refractivity contribution in [3.8, 4) is 0 Å². The fraction of sp³-hybridized carbons (Fsp3) is 0.588. The number of nitrogens with zero attached hydrogens (tertiary/aromatic N) is 3. The number of fused-ring (bicyclic) bond motifs is 1. The van der Waals surface area contributed by atoms with E-state index in [-0.39, 0.29) is 0 Å². The minimum Gasteiger partial charge on any atom is -0.358 e. The van der Waals surface area contributed by atoms with Crippen LogP contribution in [0.15, 0.2) is 24.7 Å². The van der Waals surface area contributed by atoms with Crippen LogP contribution in [0.4, 0.5) is 19.0 Å². The zero-order valence-electron chi connectivity index (χ0n) is 13.5. The van der Waals surface area contributed by atoms with E-state index in [9.17, 15) is 13.2 Å². The Hall–Kier alpha value is -1.72. The van der Waals surface area contributed by atoms with Crippen LogP contribution in [0.3, 0.4) is 0 Å². The van der Waals surface area contributed by atoms with E-state index in [1.54, 1.807) is 10.7 Å². The van der Waals surface area contributed by atoms with E-state index in [0.29, 0.717) is 16.7 Å². The van der Waals surface area contributed by atoms with Gasteiger partial charge < -0.3 is 4.90 Å². The van der Waals surface area contributed by atoms with E-state index < -0.39 is 11.7 Å². The van der Waals surface area contributed by atoms with Crippen LogP contribution in [0.25, 0.3) is 5.52 Å². The van der Waals surface area contributed by atoms with Crippen LogP contribution in [0, 0.1) is 5.41 Å². The molecule has 0 bridgehead atoms. The molecule has 1 saturated heterocycles. The third-order valence-electron chi connectivity index (χ3n) is 5.48. The third-order valence-corrected chi connectivity index (χ3v) is 5.48. The summed E-state index contributed by atoms with van der Waals surface area (Å²) in [5.41, 5.74) is 0.215. The molecule has 3 nitrogen and oxygen atoms in total. The van der Waals surface area contributed by atoms with Crippen LogP contribution < -0.4 is 4.90 Å². The summed E-state index contributed by atoms with van der Waals surface area (Å²) in [4.78, 5) is 6.07. The van der Waals surface area contributed by atoms with E-state index in [1.165, 1.54) is 12.3 Å². The highest BCUT2D eigenvalue weighted by atomic mass is 19.4. The van der Waals surface area contributed by atoms with Gasteiger partial charge in [-0.25, -0.2) is 4.98 Å². The summed E-state index contributed by atoms with van der Waals surface area (Å²) in [6.45, 7) is 5.99. The van der Waals surface area contributed by atoms with Crippen LogP contribution >= 0.6 is 0 Å². The Kier molecular flexibility index (Phi) is 4.02. The topological polar surface area (TPSA) is 20.5 Å². The van der Waals surface area contributed by atoms with Gasteiger partial charge >= 0.3 is 6.18 Å². The Morgan fingerprint density at radius 1 is 1.13 bits per heavy atom. The SMILES string of the molecule is CCC1(CC)CCN(c2cc(C(F)(F)F)cc3cncn23)CC1. The maximum atomic E-state index is 13.2. The molecule has 2 aromatic rings. The highest BCUT2D eigenvalue weighted by molar-refractivity contribution is 5.58. The van der Waals surface area contributed by atoms with E-state index in [4.69, 9.17) is 0 Å². The molecule has 3 heterocycles. The number of alkyl halides is 3. The molecule has 0 atom stereocenters. The first-order valence-corrected chi connectivity index (χ1v) is 8.17. The average molecular weight is 325 g/mol. The van der Waals surface area contributed by atoms with Crippen molar-refractivity contribution in [1.82, 2.24) is 9.38 Å². The van der Waals surface area contributed by atoms with Gasteiger partial charge in [0.2, 0.25) is 0 Å². The average Bonchev–Trinajstić information content (AvgIpc) is 3.02. The maximum Gasteiger partial charge on any atom is 0.416 e. The predicted molar refractivity (Wildman–Crippen MR) is 84.7 cm³/mol. The molecule has 1 aliphatic rings. The van der Waals surface area contributed by atoms with Gasteiger partial charge in [-0.15, -0.1) is 0 Å². The Morgan fingerprint density at radius 2 is 1.78 bits per heavy atom. The zero-order chi connectivity index (χ0) is 16.7. The van der Waals surface area contributed by atoms with Crippen molar-refractivity contribution in [2.24, 2.45) is 5.41 Å². The summed E-state index contributed by atoms with van der Waals surface area (Å²) >= 11 is 0. The molecule has 23 heavy (non-hydrogen) atoms. The van der Waals surface area contributed by atoms with Crippen LogP contribution in [0.1, 0.15) is 45.1 Å². The van der Waals surface area contributed by atoms with Crippen molar-refractivity contribution in [3.63, 3.8) is 0 Å². The van der Waals surface area contributed by atoms with Gasteiger partial charge in [0.25, 0.3) is 0 Å². The molecule has 2 aromatic heterocycles. The fourth-order valence-corrected chi connectivity index (χ4v) is 3.59.